The number of nitrogens with zero attached hydrogens (tertiary/aromatic N) is 1. The van der Waals surface area contributed by atoms with Crippen molar-refractivity contribution < 1.29 is 33.5 Å². The normalized spacial score (nSPS) is 23.3. The first kappa shape index (κ1) is 18.8. The topological polar surface area (TPSA) is 122 Å². The second kappa shape index (κ2) is 7.73. The van der Waals surface area contributed by atoms with E-state index in [1.54, 1.807) is 19.1 Å². The van der Waals surface area contributed by atoms with Crippen molar-refractivity contribution in [3.8, 4) is 11.5 Å². The Bertz CT molecular complexity index is 790. The molecular formula is C18H19NO8. The number of carbonyl (C=O) groups excluding carboxylic acids is 3. The minimum Gasteiger partial charge on any atom is -0.457 e. The maximum Gasteiger partial charge on any atom is 0.306 e. The van der Waals surface area contributed by atoms with Gasteiger partial charge in [0.1, 0.15) is 5.78 Å². The van der Waals surface area contributed by atoms with Gasteiger partial charge in [-0.15, -0.1) is 0 Å². The second-order valence-electron chi connectivity index (χ2n) is 6.79. The van der Waals surface area contributed by atoms with E-state index in [2.05, 4.69) is 0 Å². The molecule has 2 aliphatic rings. The number of esters is 1. The minimum absolute atomic E-state index is 0.0844. The fourth-order valence-corrected chi connectivity index (χ4v) is 3.54. The van der Waals surface area contributed by atoms with Crippen LogP contribution in [0.25, 0.3) is 0 Å². The maximum atomic E-state index is 12.2. The Morgan fingerprint density at radius 2 is 2.04 bits per heavy atom. The minimum atomic E-state index is -0.737. The zero-order valence-electron chi connectivity index (χ0n) is 14.7. The lowest BCUT2D eigenvalue weighted by Gasteiger charge is -2.16. The second-order valence-corrected chi connectivity index (χ2v) is 6.79. The van der Waals surface area contributed by atoms with E-state index in [1.165, 1.54) is 6.07 Å². The fourth-order valence-electron chi connectivity index (χ4n) is 3.54. The van der Waals surface area contributed by atoms with Crippen LogP contribution in [0, 0.1) is 27.9 Å². The Labute approximate surface area is 154 Å². The van der Waals surface area contributed by atoms with Gasteiger partial charge in [-0.2, -0.15) is 0 Å². The molecule has 144 valence electrons. The Hall–Kier alpha value is -2.97. The SMILES string of the molecule is C[C@@H]1CC(=O)[C@@H](CC(=O)OCC(=O)c2ccc3c(c2)OCO3)[C@@H]1C[N+](=O)[O-]. The van der Waals surface area contributed by atoms with Crippen molar-refractivity contribution in [2.45, 2.75) is 19.8 Å². The van der Waals surface area contributed by atoms with Crippen LogP contribution in [0.4, 0.5) is 0 Å². The summed E-state index contributed by atoms with van der Waals surface area (Å²) < 4.78 is 15.4. The zero-order chi connectivity index (χ0) is 19.6. The molecule has 0 aromatic heterocycles. The first-order valence-electron chi connectivity index (χ1n) is 8.58. The van der Waals surface area contributed by atoms with Crippen LogP contribution < -0.4 is 9.47 Å². The molecule has 0 bridgehead atoms. The van der Waals surface area contributed by atoms with Gasteiger partial charge in [0.15, 0.2) is 23.9 Å². The first-order chi connectivity index (χ1) is 12.8. The third-order valence-corrected chi connectivity index (χ3v) is 4.99. The molecule has 1 aromatic rings. The van der Waals surface area contributed by atoms with E-state index in [4.69, 9.17) is 14.2 Å². The van der Waals surface area contributed by atoms with Crippen molar-refractivity contribution in [2.24, 2.45) is 17.8 Å². The maximum absolute atomic E-state index is 12.2. The van der Waals surface area contributed by atoms with Crippen molar-refractivity contribution in [2.75, 3.05) is 19.9 Å². The van der Waals surface area contributed by atoms with Crippen molar-refractivity contribution in [3.05, 3.63) is 33.9 Å². The molecule has 1 saturated carbocycles. The van der Waals surface area contributed by atoms with Gasteiger partial charge in [-0.1, -0.05) is 6.92 Å². The van der Waals surface area contributed by atoms with Crippen LogP contribution in [0.2, 0.25) is 0 Å². The van der Waals surface area contributed by atoms with Gasteiger partial charge in [0, 0.05) is 28.7 Å². The number of fused-ring (bicyclic) bond motifs is 1. The standard InChI is InChI=1S/C18H19NO8/c1-10-4-14(20)12(13(10)7-19(23)24)6-18(22)25-8-15(21)11-2-3-16-17(5-11)27-9-26-16/h2-3,5,10,12-13H,4,6-9H2,1H3/t10-,12+,13-/m1/s1. The molecule has 3 rings (SSSR count). The number of nitro groups is 1. The monoisotopic (exact) mass is 377 g/mol. The number of Topliss-reactive ketones (excluding diaryl/α,β-unsaturated/α-hetero) is 2. The zero-order valence-corrected chi connectivity index (χ0v) is 14.7. The van der Waals surface area contributed by atoms with E-state index in [1.807, 2.05) is 0 Å². The summed E-state index contributed by atoms with van der Waals surface area (Å²) in [5, 5.41) is 10.8. The molecule has 27 heavy (non-hydrogen) atoms. The van der Waals surface area contributed by atoms with Crippen molar-refractivity contribution in [1.82, 2.24) is 0 Å². The van der Waals surface area contributed by atoms with E-state index >= 15 is 0 Å². The Morgan fingerprint density at radius 3 is 2.78 bits per heavy atom. The Kier molecular flexibility index (Phi) is 5.38. The fraction of sp³-hybridized carbons (Fsp3) is 0.500. The first-order valence-corrected chi connectivity index (χ1v) is 8.58. The lowest BCUT2D eigenvalue weighted by atomic mass is 9.88. The lowest BCUT2D eigenvalue weighted by molar-refractivity contribution is -0.490. The summed E-state index contributed by atoms with van der Waals surface area (Å²) in [6.45, 7) is 1.01. The summed E-state index contributed by atoms with van der Waals surface area (Å²) in [7, 11) is 0. The molecule has 0 amide bonds. The summed E-state index contributed by atoms with van der Waals surface area (Å²) in [6, 6.07) is 4.64. The number of hydrogen-bond donors (Lipinski definition) is 0. The number of rotatable bonds is 7. The molecule has 9 nitrogen and oxygen atoms in total. The molecule has 9 heteroatoms. The molecule has 1 aliphatic carbocycles. The number of carbonyl (C=O) groups is 3. The smallest absolute Gasteiger partial charge is 0.306 e. The molecule has 1 aromatic carbocycles. The van der Waals surface area contributed by atoms with Gasteiger partial charge in [-0.3, -0.25) is 24.5 Å². The third kappa shape index (κ3) is 4.24. The Balaban J connectivity index is 1.55. The van der Waals surface area contributed by atoms with Gasteiger partial charge >= 0.3 is 5.97 Å². The summed E-state index contributed by atoms with van der Waals surface area (Å²) >= 11 is 0. The van der Waals surface area contributed by atoms with Gasteiger partial charge in [0.25, 0.3) is 0 Å². The largest absolute Gasteiger partial charge is 0.457 e. The highest BCUT2D eigenvalue weighted by Gasteiger charge is 2.44. The number of benzene rings is 1. The molecule has 0 N–H and O–H groups in total. The van der Waals surface area contributed by atoms with E-state index < -0.39 is 35.1 Å². The molecule has 1 aliphatic heterocycles. The summed E-state index contributed by atoms with van der Waals surface area (Å²) in [4.78, 5) is 46.6. The molecule has 0 radical (unpaired) electrons. The predicted octanol–water partition coefficient (Wildman–Crippen LogP) is 1.65. The molecule has 3 atom stereocenters. The van der Waals surface area contributed by atoms with Gasteiger partial charge < -0.3 is 14.2 Å². The molecule has 0 unspecified atom stereocenters. The lowest BCUT2D eigenvalue weighted by Crippen LogP contribution is -2.28. The van der Waals surface area contributed by atoms with E-state index in [0.717, 1.165) is 0 Å². The van der Waals surface area contributed by atoms with Crippen LogP contribution in [0.5, 0.6) is 11.5 Å². The highest BCUT2D eigenvalue weighted by molar-refractivity contribution is 5.98. The van der Waals surface area contributed by atoms with E-state index in [9.17, 15) is 24.5 Å². The molecule has 1 heterocycles. The summed E-state index contributed by atoms with van der Waals surface area (Å²) in [5.74, 6) is -1.72. The van der Waals surface area contributed by atoms with Crippen molar-refractivity contribution in [1.29, 1.82) is 0 Å². The number of hydrogen-bond acceptors (Lipinski definition) is 8. The van der Waals surface area contributed by atoms with Crippen molar-refractivity contribution in [3.63, 3.8) is 0 Å². The number of ether oxygens (including phenoxy) is 3. The highest BCUT2D eigenvalue weighted by atomic mass is 16.7. The van der Waals surface area contributed by atoms with Crippen LogP contribution >= 0.6 is 0 Å². The molecule has 0 spiro atoms. The average molecular weight is 377 g/mol. The van der Waals surface area contributed by atoms with Crippen LogP contribution in [0.15, 0.2) is 18.2 Å². The van der Waals surface area contributed by atoms with Gasteiger partial charge in [0.2, 0.25) is 13.3 Å². The van der Waals surface area contributed by atoms with Crippen molar-refractivity contribution >= 4 is 17.5 Å². The van der Waals surface area contributed by atoms with E-state index in [-0.39, 0.29) is 37.9 Å². The van der Waals surface area contributed by atoms with Gasteiger partial charge in [-0.05, 0) is 24.1 Å². The number of ketones is 2. The molecular weight excluding hydrogens is 358 g/mol. The molecule has 1 fully saturated rings. The highest BCUT2D eigenvalue weighted by Crippen LogP contribution is 2.36. The quantitative estimate of drug-likeness (QED) is 0.304. The molecule has 0 saturated heterocycles. The third-order valence-electron chi connectivity index (χ3n) is 4.99. The summed E-state index contributed by atoms with van der Waals surface area (Å²) in [5.41, 5.74) is 0.309. The van der Waals surface area contributed by atoms with Crippen LogP contribution in [0.3, 0.4) is 0 Å². The van der Waals surface area contributed by atoms with Gasteiger partial charge in [0.05, 0.1) is 6.42 Å². The van der Waals surface area contributed by atoms with Gasteiger partial charge in [-0.25, -0.2) is 0 Å². The van der Waals surface area contributed by atoms with Crippen LogP contribution in [-0.2, 0) is 14.3 Å². The van der Waals surface area contributed by atoms with E-state index in [0.29, 0.717) is 17.1 Å². The average Bonchev–Trinajstić information content (AvgIpc) is 3.18. The predicted molar refractivity (Wildman–Crippen MR) is 90.1 cm³/mol. The Morgan fingerprint density at radius 1 is 1.30 bits per heavy atom. The van der Waals surface area contributed by atoms with Crippen LogP contribution in [0.1, 0.15) is 30.1 Å². The summed E-state index contributed by atoms with van der Waals surface area (Å²) in [6.07, 6.45) is -0.0390. The van der Waals surface area contributed by atoms with Crippen LogP contribution in [-0.4, -0.2) is 42.4 Å².